The SMILES string of the molecule is Cc1cscc1CN1CCC(=O)N2CCCCC2C1=O. The quantitative estimate of drug-likeness (QED) is 0.838. The first kappa shape index (κ1) is 13.6. The fourth-order valence-electron chi connectivity index (χ4n) is 3.09. The first-order valence-corrected chi connectivity index (χ1v) is 8.21. The third-order valence-electron chi connectivity index (χ3n) is 4.34. The summed E-state index contributed by atoms with van der Waals surface area (Å²) in [5, 5.41) is 4.21. The van der Waals surface area contributed by atoms with Crippen LogP contribution in [0.15, 0.2) is 10.8 Å². The molecule has 1 aromatic rings. The van der Waals surface area contributed by atoms with Crippen molar-refractivity contribution in [3.05, 3.63) is 21.9 Å². The van der Waals surface area contributed by atoms with Crippen LogP contribution >= 0.6 is 11.3 Å². The number of hydrogen-bond donors (Lipinski definition) is 0. The number of carbonyl (C=O) groups excluding carboxylic acids is 2. The third-order valence-corrected chi connectivity index (χ3v) is 5.25. The Morgan fingerprint density at radius 3 is 2.85 bits per heavy atom. The second-order valence-corrected chi connectivity index (χ2v) is 6.43. The lowest BCUT2D eigenvalue weighted by Gasteiger charge is -2.34. The molecule has 2 saturated heterocycles. The van der Waals surface area contributed by atoms with Gasteiger partial charge in [-0.1, -0.05) is 0 Å². The largest absolute Gasteiger partial charge is 0.336 e. The number of rotatable bonds is 2. The van der Waals surface area contributed by atoms with E-state index in [1.165, 1.54) is 11.1 Å². The summed E-state index contributed by atoms with van der Waals surface area (Å²) < 4.78 is 0. The Balaban J connectivity index is 1.80. The summed E-state index contributed by atoms with van der Waals surface area (Å²) in [6.07, 6.45) is 3.36. The average Bonchev–Trinajstić information content (AvgIpc) is 2.82. The molecule has 0 N–H and O–H groups in total. The molecule has 2 aliphatic heterocycles. The first-order chi connectivity index (χ1) is 9.66. The molecule has 0 aliphatic carbocycles. The van der Waals surface area contributed by atoms with Crippen LogP contribution in [-0.4, -0.2) is 40.7 Å². The van der Waals surface area contributed by atoms with Crippen LogP contribution in [0.5, 0.6) is 0 Å². The molecule has 20 heavy (non-hydrogen) atoms. The van der Waals surface area contributed by atoms with Crippen molar-refractivity contribution in [3.8, 4) is 0 Å². The highest BCUT2D eigenvalue weighted by Gasteiger charge is 2.37. The standard InChI is InChI=1S/C15H20N2O2S/c1-11-9-20-10-12(11)8-16-7-5-14(18)17-6-3-2-4-13(17)15(16)19/h9-10,13H,2-8H2,1H3. The highest BCUT2D eigenvalue weighted by Crippen LogP contribution is 2.25. The maximum atomic E-state index is 12.7. The van der Waals surface area contributed by atoms with Crippen LogP contribution in [0.4, 0.5) is 0 Å². The van der Waals surface area contributed by atoms with Gasteiger partial charge >= 0.3 is 0 Å². The van der Waals surface area contributed by atoms with E-state index < -0.39 is 0 Å². The number of carbonyl (C=O) groups is 2. The van der Waals surface area contributed by atoms with Gasteiger partial charge in [-0.05, 0) is 48.1 Å². The molecule has 0 bridgehead atoms. The lowest BCUT2D eigenvalue weighted by atomic mass is 10.0. The van der Waals surface area contributed by atoms with E-state index in [2.05, 4.69) is 17.7 Å². The van der Waals surface area contributed by atoms with E-state index in [4.69, 9.17) is 0 Å². The topological polar surface area (TPSA) is 40.6 Å². The zero-order chi connectivity index (χ0) is 14.1. The summed E-state index contributed by atoms with van der Waals surface area (Å²) in [6.45, 7) is 4.03. The van der Waals surface area contributed by atoms with Gasteiger partial charge in [0.2, 0.25) is 11.8 Å². The molecule has 1 unspecified atom stereocenters. The lowest BCUT2D eigenvalue weighted by molar-refractivity contribution is -0.143. The number of aryl methyl sites for hydroxylation is 1. The van der Waals surface area contributed by atoms with Crippen LogP contribution in [0.1, 0.15) is 36.8 Å². The summed E-state index contributed by atoms with van der Waals surface area (Å²) in [7, 11) is 0. The normalized spacial score (nSPS) is 23.8. The predicted octanol–water partition coefficient (Wildman–Crippen LogP) is 2.17. The molecule has 2 aliphatic rings. The zero-order valence-electron chi connectivity index (χ0n) is 11.8. The summed E-state index contributed by atoms with van der Waals surface area (Å²) in [5.41, 5.74) is 2.44. The maximum absolute atomic E-state index is 12.7. The van der Waals surface area contributed by atoms with Crippen LogP contribution in [0, 0.1) is 6.92 Å². The molecule has 0 aromatic carbocycles. The van der Waals surface area contributed by atoms with E-state index in [0.29, 0.717) is 19.5 Å². The molecule has 2 fully saturated rings. The van der Waals surface area contributed by atoms with E-state index in [9.17, 15) is 9.59 Å². The molecule has 4 nitrogen and oxygen atoms in total. The predicted molar refractivity (Wildman–Crippen MR) is 78.4 cm³/mol. The zero-order valence-corrected chi connectivity index (χ0v) is 12.6. The second-order valence-electron chi connectivity index (χ2n) is 5.69. The first-order valence-electron chi connectivity index (χ1n) is 7.27. The summed E-state index contributed by atoms with van der Waals surface area (Å²) in [5.74, 6) is 0.286. The molecular formula is C15H20N2O2S. The molecular weight excluding hydrogens is 272 g/mol. The fraction of sp³-hybridized carbons (Fsp3) is 0.600. The summed E-state index contributed by atoms with van der Waals surface area (Å²) >= 11 is 1.67. The highest BCUT2D eigenvalue weighted by atomic mass is 32.1. The monoisotopic (exact) mass is 292 g/mol. The molecule has 0 spiro atoms. The molecule has 2 amide bonds. The van der Waals surface area contributed by atoms with Crippen molar-refractivity contribution in [2.24, 2.45) is 0 Å². The van der Waals surface area contributed by atoms with Crippen LogP contribution in [0.2, 0.25) is 0 Å². The van der Waals surface area contributed by atoms with Gasteiger partial charge in [-0.15, -0.1) is 0 Å². The average molecular weight is 292 g/mol. The number of piperidine rings is 1. The van der Waals surface area contributed by atoms with Gasteiger partial charge in [-0.2, -0.15) is 11.3 Å². The molecule has 1 atom stereocenters. The van der Waals surface area contributed by atoms with Crippen LogP contribution in [-0.2, 0) is 16.1 Å². The van der Waals surface area contributed by atoms with Crippen molar-refractivity contribution in [2.45, 2.75) is 45.2 Å². The molecule has 3 heterocycles. The Hall–Kier alpha value is -1.36. The Morgan fingerprint density at radius 1 is 1.25 bits per heavy atom. The van der Waals surface area contributed by atoms with Crippen molar-refractivity contribution in [3.63, 3.8) is 0 Å². The van der Waals surface area contributed by atoms with E-state index in [0.717, 1.165) is 25.8 Å². The van der Waals surface area contributed by atoms with Crippen LogP contribution < -0.4 is 0 Å². The third kappa shape index (κ3) is 2.46. The number of fused-ring (bicyclic) bond motifs is 1. The molecule has 3 rings (SSSR count). The lowest BCUT2D eigenvalue weighted by Crippen LogP contribution is -2.49. The minimum absolute atomic E-state index is 0.140. The van der Waals surface area contributed by atoms with E-state index >= 15 is 0 Å². The summed E-state index contributed by atoms with van der Waals surface area (Å²) in [4.78, 5) is 28.5. The smallest absolute Gasteiger partial charge is 0.245 e. The van der Waals surface area contributed by atoms with Crippen LogP contribution in [0.25, 0.3) is 0 Å². The van der Waals surface area contributed by atoms with Gasteiger partial charge in [-0.3, -0.25) is 9.59 Å². The van der Waals surface area contributed by atoms with Crippen molar-refractivity contribution in [2.75, 3.05) is 13.1 Å². The minimum atomic E-state index is -0.210. The van der Waals surface area contributed by atoms with Gasteiger partial charge in [-0.25, -0.2) is 0 Å². The van der Waals surface area contributed by atoms with Crippen molar-refractivity contribution < 1.29 is 9.59 Å². The molecule has 1 aromatic heterocycles. The van der Waals surface area contributed by atoms with Crippen molar-refractivity contribution >= 4 is 23.2 Å². The van der Waals surface area contributed by atoms with E-state index in [-0.39, 0.29) is 17.9 Å². The number of thiophene rings is 1. The van der Waals surface area contributed by atoms with Gasteiger partial charge in [0.25, 0.3) is 0 Å². The van der Waals surface area contributed by atoms with Gasteiger partial charge < -0.3 is 9.80 Å². The maximum Gasteiger partial charge on any atom is 0.245 e. The molecule has 0 saturated carbocycles. The van der Waals surface area contributed by atoms with Gasteiger partial charge in [0.1, 0.15) is 6.04 Å². The van der Waals surface area contributed by atoms with Crippen LogP contribution in [0.3, 0.4) is 0 Å². The molecule has 0 radical (unpaired) electrons. The Kier molecular flexibility index (Phi) is 3.78. The highest BCUT2D eigenvalue weighted by molar-refractivity contribution is 7.08. The van der Waals surface area contributed by atoms with Crippen molar-refractivity contribution in [1.82, 2.24) is 9.80 Å². The number of hydrogen-bond acceptors (Lipinski definition) is 3. The Bertz CT molecular complexity index is 526. The minimum Gasteiger partial charge on any atom is -0.336 e. The number of amides is 2. The Labute approximate surface area is 123 Å². The molecule has 108 valence electrons. The van der Waals surface area contributed by atoms with E-state index in [1.807, 2.05) is 9.80 Å². The number of nitrogens with zero attached hydrogens (tertiary/aromatic N) is 2. The molecule has 5 heteroatoms. The van der Waals surface area contributed by atoms with Crippen molar-refractivity contribution in [1.29, 1.82) is 0 Å². The second kappa shape index (κ2) is 5.56. The fourth-order valence-corrected chi connectivity index (χ4v) is 3.94. The van der Waals surface area contributed by atoms with Gasteiger partial charge in [0.05, 0.1) is 0 Å². The van der Waals surface area contributed by atoms with E-state index in [1.54, 1.807) is 11.3 Å². The Morgan fingerprint density at radius 2 is 2.10 bits per heavy atom. The summed E-state index contributed by atoms with van der Waals surface area (Å²) in [6, 6.07) is -0.210. The van der Waals surface area contributed by atoms with Gasteiger partial charge in [0, 0.05) is 26.1 Å². The van der Waals surface area contributed by atoms with Gasteiger partial charge in [0.15, 0.2) is 0 Å².